The van der Waals surface area contributed by atoms with Crippen LogP contribution in [-0.2, 0) is 0 Å². The fourth-order valence-electron chi connectivity index (χ4n) is 1.23. The maximum Gasteiger partial charge on any atom is 0.281 e. The van der Waals surface area contributed by atoms with Crippen LogP contribution in [-0.4, -0.2) is 16.0 Å². The molecule has 0 saturated carbocycles. The molecule has 0 unspecified atom stereocenters. The van der Waals surface area contributed by atoms with E-state index in [-0.39, 0.29) is 15.5 Å². The quantitative estimate of drug-likeness (QED) is 0.667. The van der Waals surface area contributed by atoms with Gasteiger partial charge in [0.05, 0.1) is 9.37 Å². The van der Waals surface area contributed by atoms with Gasteiger partial charge in [-0.1, -0.05) is 0 Å². The molecular weight excluding hydrogens is 323 g/mol. The predicted molar refractivity (Wildman–Crippen MR) is 68.3 cm³/mol. The van der Waals surface area contributed by atoms with Gasteiger partial charge in [0.2, 0.25) is 5.89 Å². The predicted octanol–water partition coefficient (Wildman–Crippen LogP) is 2.71. The first kappa shape index (κ1) is 13.0. The monoisotopic (exact) mass is 330 g/mol. The number of amidine groups is 1. The van der Waals surface area contributed by atoms with Crippen molar-refractivity contribution in [3.05, 3.63) is 33.9 Å². The number of aryl methyl sites for hydroxylation is 1. The first-order chi connectivity index (χ1) is 8.49. The highest BCUT2D eigenvalue weighted by atomic mass is 79.9. The Hall–Kier alpha value is -1.41. The Labute approximate surface area is 115 Å². The summed E-state index contributed by atoms with van der Waals surface area (Å²) in [6, 6.07) is 3.07. The molecule has 3 N–H and O–H groups in total. The third-order valence-electron chi connectivity index (χ3n) is 2.04. The second kappa shape index (κ2) is 5.07. The average Bonchev–Trinajstić information content (AvgIpc) is 2.70. The third-order valence-corrected chi connectivity index (χ3v) is 3.69. The molecule has 1 aromatic carbocycles. The first-order valence-corrected chi connectivity index (χ1v) is 6.40. The van der Waals surface area contributed by atoms with Crippen molar-refractivity contribution >= 4 is 33.5 Å². The second-order valence-electron chi connectivity index (χ2n) is 3.34. The Morgan fingerprint density at radius 3 is 2.78 bits per heavy atom. The van der Waals surface area contributed by atoms with Crippen LogP contribution in [0, 0.1) is 18.2 Å². The first-order valence-electron chi connectivity index (χ1n) is 4.79. The summed E-state index contributed by atoms with van der Waals surface area (Å²) < 4.78 is 19.3. The van der Waals surface area contributed by atoms with Crippen molar-refractivity contribution in [2.24, 2.45) is 5.73 Å². The van der Waals surface area contributed by atoms with Gasteiger partial charge >= 0.3 is 0 Å². The molecule has 2 rings (SSSR count). The number of nitrogen functional groups attached to an aromatic ring is 1. The Morgan fingerprint density at radius 2 is 2.22 bits per heavy atom. The zero-order chi connectivity index (χ0) is 13.3. The van der Waals surface area contributed by atoms with Crippen LogP contribution in [0.15, 0.2) is 31.1 Å². The van der Waals surface area contributed by atoms with Crippen molar-refractivity contribution in [1.82, 2.24) is 10.2 Å². The van der Waals surface area contributed by atoms with Crippen LogP contribution in [0.5, 0.6) is 0 Å². The average molecular weight is 331 g/mol. The normalized spacial score (nSPS) is 10.6. The fourth-order valence-corrected chi connectivity index (χ4v) is 2.68. The van der Waals surface area contributed by atoms with Crippen molar-refractivity contribution < 1.29 is 8.81 Å². The fraction of sp³-hybridized carbons (Fsp3) is 0.100. The number of aromatic nitrogens is 2. The molecule has 0 amide bonds. The van der Waals surface area contributed by atoms with Gasteiger partial charge in [0.15, 0.2) is 5.82 Å². The molecular formula is C10H8BrFN4OS. The largest absolute Gasteiger partial charge is 0.416 e. The highest BCUT2D eigenvalue weighted by molar-refractivity contribution is 9.10. The maximum absolute atomic E-state index is 14.0. The van der Waals surface area contributed by atoms with E-state index in [2.05, 4.69) is 26.1 Å². The summed E-state index contributed by atoms with van der Waals surface area (Å²) in [6.45, 7) is 1.65. The number of nitrogens with zero attached hydrogens (tertiary/aromatic N) is 2. The number of hydrogen-bond acceptors (Lipinski definition) is 5. The van der Waals surface area contributed by atoms with Crippen LogP contribution < -0.4 is 5.73 Å². The van der Waals surface area contributed by atoms with Crippen LogP contribution in [0.4, 0.5) is 4.39 Å². The number of benzene rings is 1. The number of halogens is 2. The molecule has 18 heavy (non-hydrogen) atoms. The van der Waals surface area contributed by atoms with E-state index >= 15 is 0 Å². The number of nitrogens with two attached hydrogens (primary N) is 1. The molecule has 1 heterocycles. The summed E-state index contributed by atoms with van der Waals surface area (Å²) in [4.78, 5) is 0.315. The van der Waals surface area contributed by atoms with E-state index in [1.165, 1.54) is 6.07 Å². The van der Waals surface area contributed by atoms with Crippen LogP contribution in [0.3, 0.4) is 0 Å². The van der Waals surface area contributed by atoms with E-state index < -0.39 is 5.82 Å². The van der Waals surface area contributed by atoms with Gasteiger partial charge < -0.3 is 10.2 Å². The van der Waals surface area contributed by atoms with Gasteiger partial charge in [0.25, 0.3) is 5.22 Å². The van der Waals surface area contributed by atoms with E-state index in [0.717, 1.165) is 11.8 Å². The van der Waals surface area contributed by atoms with Gasteiger partial charge in [0.1, 0.15) is 5.84 Å². The number of nitrogens with one attached hydrogen (secondary N) is 1. The molecule has 0 radical (unpaired) electrons. The molecule has 94 valence electrons. The van der Waals surface area contributed by atoms with Crippen molar-refractivity contribution in [3.63, 3.8) is 0 Å². The maximum atomic E-state index is 14.0. The van der Waals surface area contributed by atoms with Crippen molar-refractivity contribution in [1.29, 1.82) is 5.41 Å². The van der Waals surface area contributed by atoms with E-state index in [4.69, 9.17) is 15.6 Å². The lowest BCUT2D eigenvalue weighted by molar-refractivity contribution is 0.429. The standard InChI is InChI=1S/C10H8BrFN4OS/c1-4-15-16-10(17-4)18-6-3-2-5(9(13)14)7(11)8(6)12/h2-3H,1H3,(H3,13,14). The van der Waals surface area contributed by atoms with Crippen molar-refractivity contribution in [3.8, 4) is 0 Å². The van der Waals surface area contributed by atoms with Crippen LogP contribution in [0.25, 0.3) is 0 Å². The van der Waals surface area contributed by atoms with E-state index in [9.17, 15) is 4.39 Å². The molecule has 1 aromatic heterocycles. The van der Waals surface area contributed by atoms with Gasteiger partial charge in [-0.2, -0.15) is 0 Å². The molecule has 0 spiro atoms. The van der Waals surface area contributed by atoms with Gasteiger partial charge in [0, 0.05) is 12.5 Å². The smallest absolute Gasteiger partial charge is 0.281 e. The van der Waals surface area contributed by atoms with E-state index in [0.29, 0.717) is 16.3 Å². The molecule has 5 nitrogen and oxygen atoms in total. The molecule has 0 bridgehead atoms. The lowest BCUT2D eigenvalue weighted by atomic mass is 10.2. The van der Waals surface area contributed by atoms with E-state index in [1.54, 1.807) is 13.0 Å². The summed E-state index contributed by atoms with van der Waals surface area (Å²) in [5, 5.41) is 15.0. The Balaban J connectivity index is 2.35. The third kappa shape index (κ3) is 2.54. The highest BCUT2D eigenvalue weighted by Crippen LogP contribution is 2.33. The van der Waals surface area contributed by atoms with Gasteiger partial charge in [-0.3, -0.25) is 5.41 Å². The molecule has 0 aliphatic heterocycles. The second-order valence-corrected chi connectivity index (χ2v) is 5.13. The molecule has 0 aliphatic carbocycles. The summed E-state index contributed by atoms with van der Waals surface area (Å²) in [5.74, 6) is -0.299. The number of rotatable bonds is 3. The van der Waals surface area contributed by atoms with Gasteiger partial charge in [-0.15, -0.1) is 10.2 Å². The summed E-state index contributed by atoms with van der Waals surface area (Å²) >= 11 is 4.09. The minimum atomic E-state index is -0.511. The molecule has 2 aromatic rings. The summed E-state index contributed by atoms with van der Waals surface area (Å²) in [7, 11) is 0. The highest BCUT2D eigenvalue weighted by Gasteiger charge is 2.15. The topological polar surface area (TPSA) is 88.8 Å². The molecule has 0 saturated heterocycles. The summed E-state index contributed by atoms with van der Waals surface area (Å²) in [5.41, 5.74) is 5.63. The van der Waals surface area contributed by atoms with Crippen molar-refractivity contribution in [2.45, 2.75) is 17.0 Å². The van der Waals surface area contributed by atoms with Crippen LogP contribution in [0.1, 0.15) is 11.5 Å². The minimum Gasteiger partial charge on any atom is -0.416 e. The Kier molecular flexibility index (Phi) is 3.67. The SMILES string of the molecule is Cc1nnc(Sc2ccc(C(=N)N)c(Br)c2F)o1. The Morgan fingerprint density at radius 1 is 1.50 bits per heavy atom. The van der Waals surface area contributed by atoms with Crippen LogP contribution >= 0.6 is 27.7 Å². The molecule has 0 aliphatic rings. The lowest BCUT2D eigenvalue weighted by Gasteiger charge is -2.06. The number of hydrogen-bond donors (Lipinski definition) is 2. The zero-order valence-electron chi connectivity index (χ0n) is 9.20. The summed E-state index contributed by atoms with van der Waals surface area (Å²) in [6.07, 6.45) is 0. The molecule has 8 heteroatoms. The van der Waals surface area contributed by atoms with Gasteiger partial charge in [-0.25, -0.2) is 4.39 Å². The van der Waals surface area contributed by atoms with Gasteiger partial charge in [-0.05, 0) is 39.8 Å². The van der Waals surface area contributed by atoms with Crippen LogP contribution in [0.2, 0.25) is 0 Å². The molecule has 0 fully saturated rings. The lowest BCUT2D eigenvalue weighted by Crippen LogP contribution is -2.12. The van der Waals surface area contributed by atoms with Crippen molar-refractivity contribution in [2.75, 3.05) is 0 Å². The molecule has 0 atom stereocenters. The Bertz CT molecular complexity index is 616. The minimum absolute atomic E-state index is 0.149. The van der Waals surface area contributed by atoms with E-state index in [1.807, 2.05) is 0 Å². The zero-order valence-corrected chi connectivity index (χ0v) is 11.6.